The maximum atomic E-state index is 13.1. The minimum Gasteiger partial charge on any atom is -0.493 e. The van der Waals surface area contributed by atoms with E-state index in [0.717, 1.165) is 48.3 Å². The summed E-state index contributed by atoms with van der Waals surface area (Å²) in [7, 11) is 0. The SMILES string of the molecule is Cc1nc(CO)c(-c2ccc(OCCc3ccc(F)cc3)cc2)c(N2CCC(C)(C)CC2)c1CC(=O)O. The van der Waals surface area contributed by atoms with Crippen LogP contribution in [0.4, 0.5) is 10.1 Å². The lowest BCUT2D eigenvalue weighted by Gasteiger charge is -2.40. The number of ether oxygens (including phenoxy) is 1. The highest BCUT2D eigenvalue weighted by Crippen LogP contribution is 2.42. The third-order valence-corrected chi connectivity index (χ3v) is 7.18. The van der Waals surface area contributed by atoms with Gasteiger partial charge in [-0.2, -0.15) is 0 Å². The maximum Gasteiger partial charge on any atom is 0.307 e. The average Bonchev–Trinajstić information content (AvgIpc) is 2.86. The summed E-state index contributed by atoms with van der Waals surface area (Å²) in [6.45, 7) is 8.17. The number of aliphatic hydroxyl groups excluding tert-OH is 1. The zero-order chi connectivity index (χ0) is 26.6. The number of benzene rings is 2. The van der Waals surface area contributed by atoms with Gasteiger partial charge in [0.1, 0.15) is 11.6 Å². The number of pyridine rings is 1. The molecule has 0 unspecified atom stereocenters. The van der Waals surface area contributed by atoms with Gasteiger partial charge >= 0.3 is 5.97 Å². The van der Waals surface area contributed by atoms with Gasteiger partial charge in [-0.25, -0.2) is 4.39 Å². The van der Waals surface area contributed by atoms with Crippen molar-refractivity contribution in [2.75, 3.05) is 24.6 Å². The Labute approximate surface area is 217 Å². The number of nitrogens with zero attached hydrogens (tertiary/aromatic N) is 2. The van der Waals surface area contributed by atoms with Crippen molar-refractivity contribution in [2.24, 2.45) is 5.41 Å². The Morgan fingerprint density at radius 1 is 1.08 bits per heavy atom. The predicted molar refractivity (Wildman–Crippen MR) is 142 cm³/mol. The summed E-state index contributed by atoms with van der Waals surface area (Å²) >= 11 is 0. The molecule has 1 aliphatic rings. The molecule has 196 valence electrons. The fourth-order valence-electron chi connectivity index (χ4n) is 4.91. The monoisotopic (exact) mass is 506 g/mol. The van der Waals surface area contributed by atoms with Crippen LogP contribution in [0.25, 0.3) is 11.1 Å². The number of aliphatic carboxylic acids is 1. The molecule has 2 N–H and O–H groups in total. The molecule has 0 atom stereocenters. The molecular formula is C30H35FN2O4. The third-order valence-electron chi connectivity index (χ3n) is 7.18. The molecule has 1 aliphatic heterocycles. The number of carboxylic acid groups (broad SMARTS) is 1. The molecule has 0 aliphatic carbocycles. The van der Waals surface area contributed by atoms with Crippen molar-refractivity contribution in [3.63, 3.8) is 0 Å². The lowest BCUT2D eigenvalue weighted by Crippen LogP contribution is -2.38. The normalized spacial score (nSPS) is 15.0. The van der Waals surface area contributed by atoms with Gasteiger partial charge in [0.05, 0.1) is 31.0 Å². The number of piperidine rings is 1. The molecular weight excluding hydrogens is 471 g/mol. The molecule has 0 spiro atoms. The largest absolute Gasteiger partial charge is 0.493 e. The van der Waals surface area contributed by atoms with E-state index in [9.17, 15) is 19.4 Å². The Hall–Kier alpha value is -3.45. The lowest BCUT2D eigenvalue weighted by atomic mass is 9.82. The van der Waals surface area contributed by atoms with Crippen molar-refractivity contribution >= 4 is 11.7 Å². The highest BCUT2D eigenvalue weighted by Gasteiger charge is 2.30. The summed E-state index contributed by atoms with van der Waals surface area (Å²) in [4.78, 5) is 18.7. The first-order valence-corrected chi connectivity index (χ1v) is 12.7. The highest BCUT2D eigenvalue weighted by molar-refractivity contribution is 5.86. The summed E-state index contributed by atoms with van der Waals surface area (Å²) in [5.74, 6) is -0.466. The van der Waals surface area contributed by atoms with Crippen LogP contribution >= 0.6 is 0 Å². The molecule has 0 radical (unpaired) electrons. The first kappa shape index (κ1) is 26.6. The number of aliphatic hydroxyl groups is 1. The van der Waals surface area contributed by atoms with Crippen LogP contribution in [-0.2, 0) is 24.2 Å². The number of hydrogen-bond acceptors (Lipinski definition) is 5. The molecule has 1 fully saturated rings. The van der Waals surface area contributed by atoms with Gasteiger partial charge in [-0.1, -0.05) is 38.1 Å². The maximum absolute atomic E-state index is 13.1. The van der Waals surface area contributed by atoms with E-state index < -0.39 is 5.97 Å². The average molecular weight is 507 g/mol. The zero-order valence-electron chi connectivity index (χ0n) is 21.8. The van der Waals surface area contributed by atoms with Crippen molar-refractivity contribution in [3.8, 4) is 16.9 Å². The Bertz CT molecular complexity index is 1230. The van der Waals surface area contributed by atoms with Crippen molar-refractivity contribution < 1.29 is 24.1 Å². The van der Waals surface area contributed by atoms with Crippen LogP contribution in [-0.4, -0.2) is 40.9 Å². The Balaban J connectivity index is 1.64. The number of aromatic nitrogens is 1. The van der Waals surface area contributed by atoms with Crippen LogP contribution in [0.2, 0.25) is 0 Å². The van der Waals surface area contributed by atoms with Gasteiger partial charge in [0.15, 0.2) is 0 Å². The number of carboxylic acids is 1. The Morgan fingerprint density at radius 3 is 2.32 bits per heavy atom. The molecule has 3 aromatic rings. The van der Waals surface area contributed by atoms with E-state index in [2.05, 4.69) is 23.7 Å². The van der Waals surface area contributed by atoms with Crippen LogP contribution in [0.3, 0.4) is 0 Å². The van der Waals surface area contributed by atoms with E-state index in [1.54, 1.807) is 12.1 Å². The number of hydrogen-bond donors (Lipinski definition) is 2. The fourth-order valence-corrected chi connectivity index (χ4v) is 4.91. The molecule has 4 rings (SSSR count). The van der Waals surface area contributed by atoms with Crippen LogP contribution in [0.1, 0.15) is 49.2 Å². The zero-order valence-corrected chi connectivity index (χ0v) is 21.8. The summed E-state index contributed by atoms with van der Waals surface area (Å²) in [5, 5.41) is 19.9. The molecule has 2 heterocycles. The predicted octanol–water partition coefficient (Wildman–Crippen LogP) is 5.56. The van der Waals surface area contributed by atoms with Gasteiger partial charge in [0.25, 0.3) is 0 Å². The van der Waals surface area contributed by atoms with Gasteiger partial charge in [0.2, 0.25) is 0 Å². The van der Waals surface area contributed by atoms with Crippen LogP contribution < -0.4 is 9.64 Å². The molecule has 0 amide bonds. The van der Waals surface area contributed by atoms with Crippen LogP contribution in [0.5, 0.6) is 5.75 Å². The van der Waals surface area contributed by atoms with Crippen molar-refractivity contribution in [1.29, 1.82) is 0 Å². The van der Waals surface area contributed by atoms with Gasteiger partial charge < -0.3 is 19.8 Å². The fraction of sp³-hybridized carbons (Fsp3) is 0.400. The topological polar surface area (TPSA) is 82.9 Å². The van der Waals surface area contributed by atoms with E-state index in [-0.39, 0.29) is 24.3 Å². The molecule has 6 nitrogen and oxygen atoms in total. The summed E-state index contributed by atoms with van der Waals surface area (Å²) in [6.07, 6.45) is 2.52. The number of halogens is 1. The second-order valence-electron chi connectivity index (χ2n) is 10.5. The van der Waals surface area contributed by atoms with Gasteiger partial charge in [-0.15, -0.1) is 0 Å². The summed E-state index contributed by atoms with van der Waals surface area (Å²) in [5.41, 5.74) is 5.59. The van der Waals surface area contributed by atoms with Gasteiger partial charge in [-0.3, -0.25) is 9.78 Å². The molecule has 2 aromatic carbocycles. The van der Waals surface area contributed by atoms with Gasteiger partial charge in [-0.05, 0) is 60.6 Å². The summed E-state index contributed by atoms with van der Waals surface area (Å²) < 4.78 is 19.0. The van der Waals surface area contributed by atoms with E-state index in [4.69, 9.17) is 4.74 Å². The molecule has 0 bridgehead atoms. The molecule has 37 heavy (non-hydrogen) atoms. The third kappa shape index (κ3) is 6.46. The van der Waals surface area contributed by atoms with E-state index in [1.165, 1.54) is 12.1 Å². The number of aryl methyl sites for hydroxylation is 1. The van der Waals surface area contributed by atoms with E-state index in [1.807, 2.05) is 31.2 Å². The van der Waals surface area contributed by atoms with Crippen molar-refractivity contribution in [1.82, 2.24) is 4.98 Å². The second kappa shape index (κ2) is 11.3. The van der Waals surface area contributed by atoms with Crippen LogP contribution in [0, 0.1) is 18.2 Å². The Morgan fingerprint density at radius 2 is 1.73 bits per heavy atom. The molecule has 1 saturated heterocycles. The second-order valence-corrected chi connectivity index (χ2v) is 10.5. The minimum absolute atomic E-state index is 0.128. The standard InChI is InChI=1S/C30H35FN2O4/c1-20-25(18-27(35)36)29(33-15-13-30(2,3)14-16-33)28(26(19-34)32-20)22-6-10-24(11-7-22)37-17-12-21-4-8-23(31)9-5-21/h4-11,34H,12-19H2,1-3H3,(H,35,36). The number of rotatable bonds is 9. The Kier molecular flexibility index (Phi) is 8.13. The first-order valence-electron chi connectivity index (χ1n) is 12.7. The lowest BCUT2D eigenvalue weighted by molar-refractivity contribution is -0.136. The van der Waals surface area contributed by atoms with Crippen molar-refractivity contribution in [3.05, 3.63) is 76.9 Å². The van der Waals surface area contributed by atoms with Crippen LogP contribution in [0.15, 0.2) is 48.5 Å². The molecule has 1 aromatic heterocycles. The van der Waals surface area contributed by atoms with E-state index in [0.29, 0.717) is 35.7 Å². The molecule has 0 saturated carbocycles. The van der Waals surface area contributed by atoms with E-state index >= 15 is 0 Å². The summed E-state index contributed by atoms with van der Waals surface area (Å²) in [6, 6.07) is 14.0. The number of carbonyl (C=O) groups is 1. The minimum atomic E-state index is -0.906. The smallest absolute Gasteiger partial charge is 0.307 e. The molecule has 7 heteroatoms. The van der Waals surface area contributed by atoms with Gasteiger partial charge in [0, 0.05) is 36.3 Å². The quantitative estimate of drug-likeness (QED) is 0.395. The van der Waals surface area contributed by atoms with Crippen molar-refractivity contribution in [2.45, 2.75) is 53.1 Å². The highest BCUT2D eigenvalue weighted by atomic mass is 19.1. The number of anilines is 1. The first-order chi connectivity index (χ1) is 17.7.